The van der Waals surface area contributed by atoms with Crippen LogP contribution < -0.4 is 0 Å². The molecule has 168 valence electrons. The van der Waals surface area contributed by atoms with Crippen LogP contribution >= 0.6 is 11.6 Å². The molecule has 4 aromatic rings. The number of nitrogens with zero attached hydrogens (tertiary/aromatic N) is 5. The SMILES string of the molecule is Cc1nn(-c2ccccc2)c(Cl)c1Cn1nc(C)c(S(=O)(=O)N(C)Cc2ccco2)c1C. The molecule has 0 unspecified atom stereocenters. The van der Waals surface area contributed by atoms with Gasteiger partial charge in [-0.05, 0) is 45.0 Å². The summed E-state index contributed by atoms with van der Waals surface area (Å²) in [6.45, 7) is 5.76. The van der Waals surface area contributed by atoms with Crippen LogP contribution in [-0.4, -0.2) is 39.3 Å². The van der Waals surface area contributed by atoms with Crippen molar-refractivity contribution in [2.75, 3.05) is 7.05 Å². The predicted octanol–water partition coefficient (Wildman–Crippen LogP) is 4.11. The second kappa shape index (κ2) is 8.57. The van der Waals surface area contributed by atoms with Crippen molar-refractivity contribution in [1.82, 2.24) is 23.9 Å². The van der Waals surface area contributed by atoms with Crippen LogP contribution in [0.15, 0.2) is 58.0 Å². The summed E-state index contributed by atoms with van der Waals surface area (Å²) in [4.78, 5) is 0.191. The molecule has 0 N–H and O–H groups in total. The van der Waals surface area contributed by atoms with Gasteiger partial charge in [-0.15, -0.1) is 0 Å². The molecular weight excluding hydrogens is 450 g/mol. The van der Waals surface area contributed by atoms with Crippen LogP contribution in [0.5, 0.6) is 0 Å². The van der Waals surface area contributed by atoms with E-state index in [0.29, 0.717) is 28.8 Å². The fourth-order valence-corrected chi connectivity index (χ4v) is 5.51. The zero-order valence-corrected chi connectivity index (χ0v) is 19.9. The van der Waals surface area contributed by atoms with Gasteiger partial charge >= 0.3 is 0 Å². The summed E-state index contributed by atoms with van der Waals surface area (Å²) in [5, 5.41) is 9.54. The molecule has 1 aromatic carbocycles. The molecule has 0 saturated carbocycles. The van der Waals surface area contributed by atoms with Crippen molar-refractivity contribution in [2.24, 2.45) is 0 Å². The standard InChI is InChI=1S/C22H24ClN5O3S/c1-15-20(22(23)28(25-15)18-9-6-5-7-10-18)14-27-17(3)21(16(2)24-27)32(29,30)26(4)13-19-11-8-12-31-19/h5-12H,13-14H2,1-4H3. The smallest absolute Gasteiger partial charge is 0.246 e. The first-order valence-corrected chi connectivity index (χ1v) is 11.8. The van der Waals surface area contributed by atoms with E-state index in [1.165, 1.54) is 17.6 Å². The van der Waals surface area contributed by atoms with E-state index in [1.54, 1.807) is 35.3 Å². The first kappa shape index (κ1) is 22.3. The van der Waals surface area contributed by atoms with Crippen LogP contribution in [0.25, 0.3) is 5.69 Å². The maximum absolute atomic E-state index is 13.3. The Hall–Kier alpha value is -2.88. The zero-order valence-electron chi connectivity index (χ0n) is 18.3. The van der Waals surface area contributed by atoms with Gasteiger partial charge in [-0.3, -0.25) is 4.68 Å². The van der Waals surface area contributed by atoms with Crippen molar-refractivity contribution in [3.63, 3.8) is 0 Å². The van der Waals surface area contributed by atoms with Crippen molar-refractivity contribution >= 4 is 21.6 Å². The Morgan fingerprint density at radius 3 is 2.41 bits per heavy atom. The monoisotopic (exact) mass is 473 g/mol. The molecule has 0 bridgehead atoms. The summed E-state index contributed by atoms with van der Waals surface area (Å²) in [6, 6.07) is 13.1. The lowest BCUT2D eigenvalue weighted by Gasteiger charge is -2.16. The fourth-order valence-electron chi connectivity index (χ4n) is 3.67. The minimum Gasteiger partial charge on any atom is -0.468 e. The molecule has 0 atom stereocenters. The Morgan fingerprint density at radius 2 is 1.75 bits per heavy atom. The number of sulfonamides is 1. The molecule has 0 aliphatic carbocycles. The Morgan fingerprint density at radius 1 is 1.03 bits per heavy atom. The Bertz CT molecular complexity index is 1340. The van der Waals surface area contributed by atoms with Crippen molar-refractivity contribution in [2.45, 2.75) is 38.8 Å². The number of hydrogen-bond donors (Lipinski definition) is 0. The van der Waals surface area contributed by atoms with Crippen molar-refractivity contribution in [3.8, 4) is 5.69 Å². The van der Waals surface area contributed by atoms with E-state index >= 15 is 0 Å². The number of furan rings is 1. The van der Waals surface area contributed by atoms with Gasteiger partial charge in [0.25, 0.3) is 0 Å². The predicted molar refractivity (Wildman–Crippen MR) is 121 cm³/mol. The molecule has 3 aromatic heterocycles. The van der Waals surface area contributed by atoms with Gasteiger partial charge < -0.3 is 4.42 Å². The van der Waals surface area contributed by atoms with Crippen molar-refractivity contribution in [3.05, 3.63) is 82.3 Å². The second-order valence-corrected chi connectivity index (χ2v) is 9.94. The van der Waals surface area contributed by atoms with E-state index in [1.807, 2.05) is 37.3 Å². The Kier molecular flexibility index (Phi) is 5.98. The molecule has 10 heteroatoms. The lowest BCUT2D eigenvalue weighted by molar-refractivity contribution is 0.406. The molecule has 0 aliphatic heterocycles. The van der Waals surface area contributed by atoms with E-state index in [9.17, 15) is 8.42 Å². The van der Waals surface area contributed by atoms with Gasteiger partial charge in [0, 0.05) is 12.6 Å². The van der Waals surface area contributed by atoms with Gasteiger partial charge in [0.05, 0.1) is 42.1 Å². The molecule has 0 fully saturated rings. The molecule has 0 saturated heterocycles. The topological polar surface area (TPSA) is 86.2 Å². The van der Waals surface area contributed by atoms with E-state index in [4.69, 9.17) is 16.0 Å². The average Bonchev–Trinajstić information content (AvgIpc) is 3.44. The molecule has 4 rings (SSSR count). The third kappa shape index (κ3) is 3.99. The molecule has 0 aliphatic rings. The number of para-hydroxylation sites is 1. The minimum absolute atomic E-state index is 0.133. The number of aryl methyl sites for hydroxylation is 2. The average molecular weight is 474 g/mol. The van der Waals surface area contributed by atoms with Crippen molar-refractivity contribution < 1.29 is 12.8 Å². The maximum Gasteiger partial charge on any atom is 0.246 e. The first-order chi connectivity index (χ1) is 15.2. The molecule has 0 radical (unpaired) electrons. The number of halogens is 1. The lowest BCUT2D eigenvalue weighted by atomic mass is 10.2. The summed E-state index contributed by atoms with van der Waals surface area (Å²) in [5.74, 6) is 0.564. The normalized spacial score (nSPS) is 12.1. The van der Waals surface area contributed by atoms with Crippen molar-refractivity contribution in [1.29, 1.82) is 0 Å². The van der Waals surface area contributed by atoms with Gasteiger partial charge in [0.2, 0.25) is 10.0 Å². The van der Waals surface area contributed by atoms with Crippen LogP contribution in [0.4, 0.5) is 0 Å². The van der Waals surface area contributed by atoms with Crippen LogP contribution in [0.2, 0.25) is 5.15 Å². The van der Waals surface area contributed by atoms with E-state index in [0.717, 1.165) is 16.9 Å². The molecular formula is C22H24ClN5O3S. The van der Waals surface area contributed by atoms with Crippen LogP contribution in [0.1, 0.15) is 28.4 Å². The summed E-state index contributed by atoms with van der Waals surface area (Å²) < 4.78 is 36.4. The largest absolute Gasteiger partial charge is 0.468 e. The second-order valence-electron chi connectivity index (χ2n) is 7.60. The van der Waals surface area contributed by atoms with Gasteiger partial charge in [0.1, 0.15) is 15.8 Å². The van der Waals surface area contributed by atoms with E-state index < -0.39 is 10.0 Å². The van der Waals surface area contributed by atoms with Gasteiger partial charge in [0.15, 0.2) is 0 Å². The van der Waals surface area contributed by atoms with Crippen LogP contribution in [0, 0.1) is 20.8 Å². The summed E-state index contributed by atoms with van der Waals surface area (Å²) in [5.41, 5.74) is 3.36. The quantitative estimate of drug-likeness (QED) is 0.403. The number of hydrogen-bond acceptors (Lipinski definition) is 5. The number of rotatable bonds is 7. The minimum atomic E-state index is -3.77. The third-order valence-electron chi connectivity index (χ3n) is 5.37. The van der Waals surface area contributed by atoms with E-state index in [-0.39, 0.29) is 11.4 Å². The van der Waals surface area contributed by atoms with Crippen LogP contribution in [-0.2, 0) is 23.1 Å². The van der Waals surface area contributed by atoms with Crippen LogP contribution in [0.3, 0.4) is 0 Å². The zero-order chi connectivity index (χ0) is 23.0. The lowest BCUT2D eigenvalue weighted by Crippen LogP contribution is -2.27. The summed E-state index contributed by atoms with van der Waals surface area (Å²) in [6.07, 6.45) is 1.52. The van der Waals surface area contributed by atoms with Gasteiger partial charge in [-0.2, -0.15) is 14.5 Å². The van der Waals surface area contributed by atoms with Gasteiger partial charge in [-0.1, -0.05) is 29.8 Å². The highest BCUT2D eigenvalue weighted by atomic mass is 35.5. The maximum atomic E-state index is 13.3. The molecule has 3 heterocycles. The highest BCUT2D eigenvalue weighted by molar-refractivity contribution is 7.89. The number of benzene rings is 1. The fraction of sp³-hybridized carbons (Fsp3) is 0.273. The molecule has 0 amide bonds. The molecule has 0 spiro atoms. The first-order valence-electron chi connectivity index (χ1n) is 10.0. The third-order valence-corrected chi connectivity index (χ3v) is 7.82. The molecule has 32 heavy (non-hydrogen) atoms. The number of aromatic nitrogens is 4. The highest BCUT2D eigenvalue weighted by Crippen LogP contribution is 2.28. The van der Waals surface area contributed by atoms with Gasteiger partial charge in [-0.25, -0.2) is 13.1 Å². The highest BCUT2D eigenvalue weighted by Gasteiger charge is 2.30. The van der Waals surface area contributed by atoms with E-state index in [2.05, 4.69) is 10.2 Å². The molecule has 8 nitrogen and oxygen atoms in total. The Labute approximate surface area is 192 Å². The Balaban J connectivity index is 1.66. The summed E-state index contributed by atoms with van der Waals surface area (Å²) >= 11 is 6.66. The summed E-state index contributed by atoms with van der Waals surface area (Å²) in [7, 11) is -2.24.